The third-order valence-corrected chi connectivity index (χ3v) is 4.17. The first-order valence-corrected chi connectivity index (χ1v) is 7.26. The van der Waals surface area contributed by atoms with Crippen LogP contribution in [0.5, 0.6) is 5.75 Å². The predicted octanol–water partition coefficient (Wildman–Crippen LogP) is 3.13. The van der Waals surface area contributed by atoms with Gasteiger partial charge in [-0.2, -0.15) is 0 Å². The Morgan fingerprint density at radius 1 is 1.40 bits per heavy atom. The topological polar surface area (TPSA) is 51.5 Å². The lowest BCUT2D eigenvalue weighted by atomic mass is 10.1. The number of rotatable bonds is 4. The minimum absolute atomic E-state index is 0.305. The molecule has 5 heteroatoms. The summed E-state index contributed by atoms with van der Waals surface area (Å²) in [4.78, 5) is 10.9. The SMILES string of the molecule is O=C(O)c1cc(Br)n(CCc2ccc3c(c2)CCO3)c1. The zero-order valence-corrected chi connectivity index (χ0v) is 12.4. The van der Waals surface area contributed by atoms with Crippen molar-refractivity contribution >= 4 is 21.9 Å². The second-order valence-corrected chi connectivity index (χ2v) is 5.65. The number of carbonyl (C=O) groups is 1. The molecule has 0 amide bonds. The standard InChI is InChI=1S/C15H14BrNO3/c16-14-8-12(15(18)19)9-17(14)5-3-10-1-2-13-11(7-10)4-6-20-13/h1-2,7-9H,3-6H2,(H,18,19). The summed E-state index contributed by atoms with van der Waals surface area (Å²) in [6.45, 7) is 1.51. The number of ether oxygens (including phenoxy) is 1. The number of nitrogens with zero attached hydrogens (tertiary/aromatic N) is 1. The monoisotopic (exact) mass is 335 g/mol. The summed E-state index contributed by atoms with van der Waals surface area (Å²) in [7, 11) is 0. The molecular weight excluding hydrogens is 322 g/mol. The van der Waals surface area contributed by atoms with Gasteiger partial charge in [0.1, 0.15) is 5.75 Å². The summed E-state index contributed by atoms with van der Waals surface area (Å²) in [5.41, 5.74) is 2.81. The van der Waals surface area contributed by atoms with Crippen LogP contribution in [0.2, 0.25) is 0 Å². The number of hydrogen-bond donors (Lipinski definition) is 1. The van der Waals surface area contributed by atoms with E-state index in [0.29, 0.717) is 5.56 Å². The number of fused-ring (bicyclic) bond motifs is 1. The van der Waals surface area contributed by atoms with Crippen LogP contribution in [0, 0.1) is 0 Å². The van der Waals surface area contributed by atoms with Crippen LogP contribution < -0.4 is 4.74 Å². The molecule has 0 unspecified atom stereocenters. The molecule has 2 heterocycles. The molecule has 1 aliphatic heterocycles. The minimum atomic E-state index is -0.904. The Labute approximate surface area is 125 Å². The van der Waals surface area contributed by atoms with Crippen molar-refractivity contribution < 1.29 is 14.6 Å². The summed E-state index contributed by atoms with van der Waals surface area (Å²) >= 11 is 3.39. The van der Waals surface area contributed by atoms with E-state index in [1.165, 1.54) is 11.1 Å². The van der Waals surface area contributed by atoms with E-state index in [1.807, 2.05) is 10.6 Å². The normalized spacial score (nSPS) is 13.1. The van der Waals surface area contributed by atoms with Gasteiger partial charge in [0, 0.05) is 19.2 Å². The summed E-state index contributed by atoms with van der Waals surface area (Å²) in [6, 6.07) is 7.89. The highest BCUT2D eigenvalue weighted by Crippen LogP contribution is 2.26. The van der Waals surface area contributed by atoms with E-state index >= 15 is 0 Å². The molecule has 4 nitrogen and oxygen atoms in total. The number of carboxylic acid groups (broad SMARTS) is 1. The zero-order chi connectivity index (χ0) is 14.1. The number of aromatic carboxylic acids is 1. The molecule has 1 aromatic heterocycles. The van der Waals surface area contributed by atoms with Crippen LogP contribution in [0.25, 0.3) is 0 Å². The number of aromatic nitrogens is 1. The number of hydrogen-bond acceptors (Lipinski definition) is 2. The summed E-state index contributed by atoms with van der Waals surface area (Å²) < 4.78 is 8.19. The second kappa shape index (κ2) is 5.32. The summed E-state index contributed by atoms with van der Waals surface area (Å²) in [5.74, 6) is 0.0863. The van der Waals surface area contributed by atoms with E-state index in [1.54, 1.807) is 12.3 Å². The highest BCUT2D eigenvalue weighted by molar-refractivity contribution is 9.10. The fraction of sp³-hybridized carbons (Fsp3) is 0.267. The summed E-state index contributed by atoms with van der Waals surface area (Å²) in [5, 5.41) is 8.97. The van der Waals surface area contributed by atoms with Crippen molar-refractivity contribution in [2.45, 2.75) is 19.4 Å². The third-order valence-electron chi connectivity index (χ3n) is 3.49. The molecule has 1 N–H and O–H groups in total. The molecule has 0 bridgehead atoms. The Kier molecular flexibility index (Phi) is 3.53. The van der Waals surface area contributed by atoms with Crippen molar-refractivity contribution in [1.29, 1.82) is 0 Å². The van der Waals surface area contributed by atoms with E-state index in [2.05, 4.69) is 28.1 Å². The van der Waals surface area contributed by atoms with Crippen molar-refractivity contribution in [2.24, 2.45) is 0 Å². The second-order valence-electron chi connectivity index (χ2n) is 4.84. The van der Waals surface area contributed by atoms with Gasteiger partial charge in [0.15, 0.2) is 0 Å². The van der Waals surface area contributed by atoms with Crippen molar-refractivity contribution in [1.82, 2.24) is 4.57 Å². The van der Waals surface area contributed by atoms with Gasteiger partial charge in [0.05, 0.1) is 16.8 Å². The molecule has 20 heavy (non-hydrogen) atoms. The largest absolute Gasteiger partial charge is 0.493 e. The average molecular weight is 336 g/mol. The van der Waals surface area contributed by atoms with Gasteiger partial charge in [-0.25, -0.2) is 4.79 Å². The maximum absolute atomic E-state index is 10.9. The van der Waals surface area contributed by atoms with Gasteiger partial charge < -0.3 is 14.4 Å². The van der Waals surface area contributed by atoms with E-state index in [-0.39, 0.29) is 0 Å². The van der Waals surface area contributed by atoms with Gasteiger partial charge in [-0.15, -0.1) is 0 Å². The lowest BCUT2D eigenvalue weighted by Gasteiger charge is -2.07. The van der Waals surface area contributed by atoms with Crippen LogP contribution in [-0.2, 0) is 19.4 Å². The van der Waals surface area contributed by atoms with Crippen LogP contribution in [0.15, 0.2) is 35.1 Å². The smallest absolute Gasteiger partial charge is 0.337 e. The van der Waals surface area contributed by atoms with Crippen molar-refractivity contribution in [3.63, 3.8) is 0 Å². The molecule has 0 atom stereocenters. The molecule has 3 rings (SSSR count). The van der Waals surface area contributed by atoms with Gasteiger partial charge in [0.2, 0.25) is 0 Å². The molecule has 1 aromatic carbocycles. The van der Waals surface area contributed by atoms with Gasteiger partial charge in [-0.1, -0.05) is 12.1 Å². The van der Waals surface area contributed by atoms with Crippen LogP contribution in [0.4, 0.5) is 0 Å². The van der Waals surface area contributed by atoms with Crippen molar-refractivity contribution in [3.8, 4) is 5.75 Å². The predicted molar refractivity (Wildman–Crippen MR) is 78.4 cm³/mol. The van der Waals surface area contributed by atoms with E-state index < -0.39 is 5.97 Å². The van der Waals surface area contributed by atoms with E-state index in [0.717, 1.165) is 36.3 Å². The molecule has 0 aliphatic carbocycles. The summed E-state index contributed by atoms with van der Waals surface area (Å²) in [6.07, 6.45) is 3.49. The number of benzene rings is 1. The van der Waals surface area contributed by atoms with Crippen molar-refractivity contribution in [3.05, 3.63) is 51.8 Å². The van der Waals surface area contributed by atoms with Crippen LogP contribution in [0.3, 0.4) is 0 Å². The number of aryl methyl sites for hydroxylation is 2. The Morgan fingerprint density at radius 2 is 2.25 bits per heavy atom. The Bertz CT molecular complexity index is 663. The molecule has 0 fully saturated rings. The molecule has 1 aliphatic rings. The maximum atomic E-state index is 10.9. The van der Waals surface area contributed by atoms with Crippen molar-refractivity contribution in [2.75, 3.05) is 6.61 Å². The average Bonchev–Trinajstić information content (AvgIpc) is 3.02. The first-order valence-electron chi connectivity index (χ1n) is 6.47. The number of halogens is 1. The third kappa shape index (κ3) is 2.58. The van der Waals surface area contributed by atoms with Gasteiger partial charge >= 0.3 is 5.97 Å². The van der Waals surface area contributed by atoms with Crippen LogP contribution in [0.1, 0.15) is 21.5 Å². The molecule has 2 aromatic rings. The van der Waals surface area contributed by atoms with Crippen LogP contribution >= 0.6 is 15.9 Å². The minimum Gasteiger partial charge on any atom is -0.493 e. The molecular formula is C15H14BrNO3. The lowest BCUT2D eigenvalue weighted by molar-refractivity contribution is 0.0697. The fourth-order valence-electron chi connectivity index (χ4n) is 2.41. The van der Waals surface area contributed by atoms with E-state index in [4.69, 9.17) is 9.84 Å². The van der Waals surface area contributed by atoms with Crippen LogP contribution in [-0.4, -0.2) is 22.2 Å². The Morgan fingerprint density at radius 3 is 3.00 bits per heavy atom. The van der Waals surface area contributed by atoms with E-state index in [9.17, 15) is 4.79 Å². The van der Waals surface area contributed by atoms with Gasteiger partial charge in [0.25, 0.3) is 0 Å². The quantitative estimate of drug-likeness (QED) is 0.933. The molecule has 0 spiro atoms. The molecule has 0 radical (unpaired) electrons. The molecule has 104 valence electrons. The Balaban J connectivity index is 1.72. The molecule has 0 saturated carbocycles. The zero-order valence-electron chi connectivity index (χ0n) is 10.8. The lowest BCUT2D eigenvalue weighted by Crippen LogP contribution is -2.01. The molecule has 0 saturated heterocycles. The fourth-order valence-corrected chi connectivity index (χ4v) is 2.94. The first kappa shape index (κ1) is 13.2. The van der Waals surface area contributed by atoms with Gasteiger partial charge in [-0.3, -0.25) is 0 Å². The highest BCUT2D eigenvalue weighted by atomic mass is 79.9. The highest BCUT2D eigenvalue weighted by Gasteiger charge is 2.13. The Hall–Kier alpha value is -1.75. The number of carboxylic acids is 1. The first-order chi connectivity index (χ1) is 9.63. The van der Waals surface area contributed by atoms with Gasteiger partial charge in [-0.05, 0) is 45.6 Å². The maximum Gasteiger partial charge on any atom is 0.337 e.